The summed E-state index contributed by atoms with van der Waals surface area (Å²) in [5, 5.41) is 0. The van der Waals surface area contributed by atoms with Crippen molar-refractivity contribution < 1.29 is 9.18 Å². The van der Waals surface area contributed by atoms with Crippen molar-refractivity contribution in [2.45, 2.75) is 26.3 Å². The minimum Gasteiger partial charge on any atom is -0.356 e. The average Bonchev–Trinajstić information content (AvgIpc) is 3.24. The van der Waals surface area contributed by atoms with Gasteiger partial charge in [0, 0.05) is 63.7 Å². The zero-order valence-electron chi connectivity index (χ0n) is 17.5. The van der Waals surface area contributed by atoms with E-state index in [9.17, 15) is 9.18 Å². The second-order valence-electron chi connectivity index (χ2n) is 8.30. The number of hydrogen-bond acceptors (Lipinski definition) is 4. The number of hydrogen-bond donors (Lipinski definition) is 0. The molecule has 154 valence electrons. The molecule has 3 atom stereocenters. The number of likely N-dealkylation sites (tertiary alicyclic amines) is 1. The van der Waals surface area contributed by atoms with E-state index in [1.165, 1.54) is 6.07 Å². The van der Waals surface area contributed by atoms with Crippen LogP contribution in [0.3, 0.4) is 0 Å². The van der Waals surface area contributed by atoms with Crippen LogP contribution in [0.15, 0.2) is 30.3 Å². The van der Waals surface area contributed by atoms with Crippen LogP contribution in [0.2, 0.25) is 0 Å². The van der Waals surface area contributed by atoms with E-state index < -0.39 is 0 Å². The molecule has 0 N–H and O–H groups in total. The first-order chi connectivity index (χ1) is 13.9. The van der Waals surface area contributed by atoms with E-state index in [1.807, 2.05) is 24.0 Å². The van der Waals surface area contributed by atoms with Gasteiger partial charge in [0.05, 0.1) is 6.04 Å². The summed E-state index contributed by atoms with van der Waals surface area (Å²) in [4.78, 5) is 27.9. The van der Waals surface area contributed by atoms with Crippen LogP contribution < -0.4 is 4.90 Å². The maximum atomic E-state index is 14.0. The highest BCUT2D eigenvalue weighted by atomic mass is 19.1. The first-order valence-electron chi connectivity index (χ1n) is 10.2. The topological polar surface area (TPSA) is 52.6 Å². The number of nitrogens with zero attached hydrogens (tertiary/aromatic N) is 5. The number of amides is 2. The largest absolute Gasteiger partial charge is 0.356 e. The van der Waals surface area contributed by atoms with Gasteiger partial charge in [0.25, 0.3) is 0 Å². The third-order valence-electron chi connectivity index (χ3n) is 6.01. The molecule has 0 bridgehead atoms. The molecule has 2 saturated heterocycles. The van der Waals surface area contributed by atoms with Crippen molar-refractivity contribution in [2.75, 3.05) is 38.6 Å². The minimum absolute atomic E-state index is 0.0219. The number of anilines is 1. The summed E-state index contributed by atoms with van der Waals surface area (Å²) in [5.74, 6) is 2.10. The molecule has 2 aliphatic heterocycles. The van der Waals surface area contributed by atoms with Crippen LogP contribution in [0.4, 0.5) is 15.0 Å². The summed E-state index contributed by atoms with van der Waals surface area (Å²) in [6, 6.07) is 8.54. The number of aromatic nitrogens is 2. The SMILES string of the molecule is CCc1nc(C)cc(N2C[C@@H]3CN(C(=O)N(C)C)[C@@H](c4cccc(F)c4)[C@@H]3C2)n1. The molecule has 0 radical (unpaired) electrons. The normalized spacial score (nSPS) is 23.4. The molecule has 2 amide bonds. The van der Waals surface area contributed by atoms with E-state index in [0.717, 1.165) is 42.4 Å². The van der Waals surface area contributed by atoms with Gasteiger partial charge in [0.15, 0.2) is 0 Å². The molecule has 29 heavy (non-hydrogen) atoms. The molecule has 2 fully saturated rings. The molecule has 0 saturated carbocycles. The maximum Gasteiger partial charge on any atom is 0.320 e. The van der Waals surface area contributed by atoms with Crippen molar-refractivity contribution in [2.24, 2.45) is 11.8 Å². The molecule has 2 aromatic rings. The Morgan fingerprint density at radius 3 is 2.69 bits per heavy atom. The standard InChI is InChI=1S/C22H28FN5O/c1-5-19-24-14(2)9-20(25-19)27-11-16-12-28(22(29)26(3)4)21(18(16)13-27)15-7-6-8-17(23)10-15/h6-10,16,18,21H,5,11-13H2,1-4H3/t16-,18-,21+/m1/s1. The predicted octanol–water partition coefficient (Wildman–Crippen LogP) is 3.28. The van der Waals surface area contributed by atoms with Gasteiger partial charge < -0.3 is 14.7 Å². The molecular formula is C22H28FN5O. The Morgan fingerprint density at radius 1 is 1.21 bits per heavy atom. The highest BCUT2D eigenvalue weighted by Crippen LogP contribution is 2.46. The molecule has 6 nitrogen and oxygen atoms in total. The molecule has 0 unspecified atom stereocenters. The van der Waals surface area contributed by atoms with Gasteiger partial charge in [0.1, 0.15) is 17.5 Å². The van der Waals surface area contributed by atoms with Crippen molar-refractivity contribution in [1.82, 2.24) is 19.8 Å². The Hall–Kier alpha value is -2.70. The summed E-state index contributed by atoms with van der Waals surface area (Å²) in [6.07, 6.45) is 0.798. The first-order valence-corrected chi connectivity index (χ1v) is 10.2. The maximum absolute atomic E-state index is 14.0. The molecule has 0 aliphatic carbocycles. The zero-order valence-corrected chi connectivity index (χ0v) is 17.5. The van der Waals surface area contributed by atoms with E-state index in [-0.39, 0.29) is 23.8 Å². The molecular weight excluding hydrogens is 369 g/mol. The number of halogens is 1. The number of aryl methyl sites for hydroxylation is 2. The summed E-state index contributed by atoms with van der Waals surface area (Å²) in [5.41, 5.74) is 1.83. The predicted molar refractivity (Wildman–Crippen MR) is 110 cm³/mol. The van der Waals surface area contributed by atoms with E-state index in [2.05, 4.69) is 16.8 Å². The van der Waals surface area contributed by atoms with Crippen molar-refractivity contribution >= 4 is 11.8 Å². The molecule has 3 heterocycles. The lowest BCUT2D eigenvalue weighted by Crippen LogP contribution is -2.41. The van der Waals surface area contributed by atoms with Gasteiger partial charge in [-0.2, -0.15) is 0 Å². The second-order valence-corrected chi connectivity index (χ2v) is 8.30. The van der Waals surface area contributed by atoms with E-state index in [0.29, 0.717) is 12.5 Å². The van der Waals surface area contributed by atoms with Gasteiger partial charge in [-0.3, -0.25) is 0 Å². The highest BCUT2D eigenvalue weighted by Gasteiger charge is 2.49. The zero-order chi connectivity index (χ0) is 20.7. The summed E-state index contributed by atoms with van der Waals surface area (Å²) < 4.78 is 14.0. The van der Waals surface area contributed by atoms with Gasteiger partial charge in [-0.1, -0.05) is 19.1 Å². The van der Waals surface area contributed by atoms with Crippen LogP contribution in [-0.4, -0.2) is 59.5 Å². The molecule has 0 spiro atoms. The van der Waals surface area contributed by atoms with Gasteiger partial charge >= 0.3 is 6.03 Å². The highest BCUT2D eigenvalue weighted by molar-refractivity contribution is 5.75. The number of carbonyl (C=O) groups is 1. The number of benzene rings is 1. The fraction of sp³-hybridized carbons (Fsp3) is 0.500. The average molecular weight is 397 g/mol. The Bertz CT molecular complexity index is 918. The van der Waals surface area contributed by atoms with E-state index in [4.69, 9.17) is 4.98 Å². The Balaban J connectivity index is 1.65. The van der Waals surface area contributed by atoms with Crippen LogP contribution in [0, 0.1) is 24.6 Å². The molecule has 1 aromatic carbocycles. The van der Waals surface area contributed by atoms with Crippen molar-refractivity contribution in [1.29, 1.82) is 0 Å². The number of rotatable bonds is 3. The van der Waals surface area contributed by atoms with Gasteiger partial charge in [0.2, 0.25) is 0 Å². The van der Waals surface area contributed by atoms with Crippen LogP contribution in [-0.2, 0) is 6.42 Å². The molecule has 2 aliphatic rings. The number of carbonyl (C=O) groups excluding carboxylic acids is 1. The Kier molecular flexibility index (Phi) is 5.15. The quantitative estimate of drug-likeness (QED) is 0.798. The third kappa shape index (κ3) is 3.66. The van der Waals surface area contributed by atoms with Crippen LogP contribution >= 0.6 is 0 Å². The van der Waals surface area contributed by atoms with E-state index >= 15 is 0 Å². The minimum atomic E-state index is -0.267. The summed E-state index contributed by atoms with van der Waals surface area (Å²) >= 11 is 0. The van der Waals surface area contributed by atoms with Crippen LogP contribution in [0.1, 0.15) is 30.0 Å². The van der Waals surface area contributed by atoms with Crippen LogP contribution in [0.25, 0.3) is 0 Å². The number of fused-ring (bicyclic) bond motifs is 1. The monoisotopic (exact) mass is 397 g/mol. The lowest BCUT2D eigenvalue weighted by Gasteiger charge is -2.32. The van der Waals surface area contributed by atoms with Crippen molar-refractivity contribution in [3.63, 3.8) is 0 Å². The molecule has 7 heteroatoms. The first kappa shape index (κ1) is 19.6. The molecule has 4 rings (SSSR count). The van der Waals surface area contributed by atoms with Gasteiger partial charge in [-0.05, 0) is 24.6 Å². The summed E-state index contributed by atoms with van der Waals surface area (Å²) in [7, 11) is 3.53. The summed E-state index contributed by atoms with van der Waals surface area (Å²) in [6.45, 7) is 6.36. The van der Waals surface area contributed by atoms with Crippen LogP contribution in [0.5, 0.6) is 0 Å². The Morgan fingerprint density at radius 2 is 2.00 bits per heavy atom. The lowest BCUT2D eigenvalue weighted by atomic mass is 9.89. The van der Waals surface area contributed by atoms with Crippen molar-refractivity contribution in [3.8, 4) is 0 Å². The smallest absolute Gasteiger partial charge is 0.320 e. The second kappa shape index (κ2) is 7.61. The fourth-order valence-electron chi connectivity index (χ4n) is 4.74. The number of urea groups is 1. The van der Waals surface area contributed by atoms with Crippen molar-refractivity contribution in [3.05, 3.63) is 53.2 Å². The molecule has 1 aromatic heterocycles. The third-order valence-corrected chi connectivity index (χ3v) is 6.01. The Labute approximate surface area is 171 Å². The fourth-order valence-corrected chi connectivity index (χ4v) is 4.74. The van der Waals surface area contributed by atoms with Gasteiger partial charge in [-0.25, -0.2) is 19.2 Å². The van der Waals surface area contributed by atoms with Gasteiger partial charge in [-0.15, -0.1) is 0 Å². The van der Waals surface area contributed by atoms with E-state index in [1.54, 1.807) is 31.1 Å². The lowest BCUT2D eigenvalue weighted by molar-refractivity contribution is 0.159.